The van der Waals surface area contributed by atoms with Crippen molar-refractivity contribution in [1.82, 2.24) is 0 Å². The Balaban J connectivity index is 2.07. The number of benzene rings is 2. The third-order valence-electron chi connectivity index (χ3n) is 2.98. The fourth-order valence-corrected chi connectivity index (χ4v) is 2.55. The normalized spacial score (nSPS) is 12.9. The van der Waals surface area contributed by atoms with E-state index in [1.807, 2.05) is 30.3 Å². The van der Waals surface area contributed by atoms with Crippen LogP contribution in [0.4, 0.5) is 0 Å². The molecule has 5 heteroatoms. The molecule has 4 nitrogen and oxygen atoms in total. The fraction of sp³-hybridized carbons (Fsp3) is 0.250. The second-order valence-electron chi connectivity index (χ2n) is 4.92. The third-order valence-corrected chi connectivity index (χ3v) is 3.96. The van der Waals surface area contributed by atoms with Gasteiger partial charge in [0.05, 0.1) is 11.9 Å². The van der Waals surface area contributed by atoms with E-state index in [1.165, 1.54) is 0 Å². The van der Waals surface area contributed by atoms with Crippen molar-refractivity contribution < 1.29 is 18.3 Å². The van der Waals surface area contributed by atoms with Crippen LogP contribution < -0.4 is 4.74 Å². The minimum Gasteiger partial charge on any atom is -0.457 e. The first kappa shape index (κ1) is 15.5. The van der Waals surface area contributed by atoms with Crippen molar-refractivity contribution in [3.05, 3.63) is 60.2 Å². The predicted molar refractivity (Wildman–Crippen MR) is 82.2 cm³/mol. The summed E-state index contributed by atoms with van der Waals surface area (Å²) in [6.07, 6.45) is 0.515. The third kappa shape index (κ3) is 5.21. The second kappa shape index (κ2) is 6.74. The lowest BCUT2D eigenvalue weighted by atomic mass is 10.1. The summed E-state index contributed by atoms with van der Waals surface area (Å²) < 4.78 is 28.0. The minimum atomic E-state index is -3.08. The van der Waals surface area contributed by atoms with Crippen LogP contribution in [0.15, 0.2) is 54.6 Å². The van der Waals surface area contributed by atoms with Gasteiger partial charge in [0.1, 0.15) is 21.3 Å². The molecule has 1 unspecified atom stereocenters. The van der Waals surface area contributed by atoms with E-state index in [4.69, 9.17) is 4.74 Å². The van der Waals surface area contributed by atoms with Gasteiger partial charge < -0.3 is 9.84 Å². The molecular formula is C16H18O4S. The molecule has 0 fully saturated rings. The average molecular weight is 306 g/mol. The van der Waals surface area contributed by atoms with Gasteiger partial charge in [-0.3, -0.25) is 0 Å². The van der Waals surface area contributed by atoms with E-state index in [0.29, 0.717) is 17.1 Å². The average Bonchev–Trinajstić information content (AvgIpc) is 2.45. The first-order chi connectivity index (χ1) is 9.94. The first-order valence-corrected chi connectivity index (χ1v) is 8.69. The SMILES string of the molecule is CS(=O)(=O)CCC(O)c1cccc(Oc2ccccc2)c1. The van der Waals surface area contributed by atoms with Crippen molar-refractivity contribution in [2.75, 3.05) is 12.0 Å². The van der Waals surface area contributed by atoms with Gasteiger partial charge in [-0.15, -0.1) is 0 Å². The lowest BCUT2D eigenvalue weighted by Crippen LogP contribution is -2.08. The summed E-state index contributed by atoms with van der Waals surface area (Å²) in [5.74, 6) is 1.27. The van der Waals surface area contributed by atoms with Crippen molar-refractivity contribution in [2.45, 2.75) is 12.5 Å². The van der Waals surface area contributed by atoms with Crippen LogP contribution in [0.5, 0.6) is 11.5 Å². The Kier molecular flexibility index (Phi) is 4.98. The molecule has 0 bridgehead atoms. The molecule has 2 aromatic rings. The maximum absolute atomic E-state index is 11.1. The van der Waals surface area contributed by atoms with Gasteiger partial charge in [0.2, 0.25) is 0 Å². The Labute approximate surface area is 124 Å². The van der Waals surface area contributed by atoms with Crippen LogP contribution in [0.25, 0.3) is 0 Å². The number of aliphatic hydroxyl groups excluding tert-OH is 1. The highest BCUT2D eigenvalue weighted by Gasteiger charge is 2.12. The summed E-state index contributed by atoms with van der Waals surface area (Å²) in [5, 5.41) is 10.1. The number of aliphatic hydroxyl groups is 1. The number of ether oxygens (including phenoxy) is 1. The molecule has 0 spiro atoms. The van der Waals surface area contributed by atoms with Gasteiger partial charge in [0.15, 0.2) is 0 Å². The molecule has 21 heavy (non-hydrogen) atoms. The molecular weight excluding hydrogens is 288 g/mol. The zero-order valence-electron chi connectivity index (χ0n) is 11.8. The van der Waals surface area contributed by atoms with E-state index in [9.17, 15) is 13.5 Å². The molecule has 1 N–H and O–H groups in total. The lowest BCUT2D eigenvalue weighted by Gasteiger charge is -2.12. The molecule has 0 saturated carbocycles. The summed E-state index contributed by atoms with van der Waals surface area (Å²) in [6.45, 7) is 0. The van der Waals surface area contributed by atoms with Crippen molar-refractivity contribution in [1.29, 1.82) is 0 Å². The summed E-state index contributed by atoms with van der Waals surface area (Å²) in [5.41, 5.74) is 0.645. The first-order valence-electron chi connectivity index (χ1n) is 6.63. The Morgan fingerprint density at radius 1 is 1.05 bits per heavy atom. The number of hydrogen-bond donors (Lipinski definition) is 1. The Morgan fingerprint density at radius 3 is 2.38 bits per heavy atom. The van der Waals surface area contributed by atoms with Gasteiger partial charge in [-0.2, -0.15) is 0 Å². The molecule has 0 heterocycles. The van der Waals surface area contributed by atoms with Gasteiger partial charge in [0.25, 0.3) is 0 Å². The molecule has 0 amide bonds. The van der Waals surface area contributed by atoms with Gasteiger partial charge in [-0.25, -0.2) is 8.42 Å². The second-order valence-corrected chi connectivity index (χ2v) is 7.18. The summed E-state index contributed by atoms with van der Waals surface area (Å²) in [6, 6.07) is 16.4. The monoisotopic (exact) mass is 306 g/mol. The van der Waals surface area contributed by atoms with E-state index in [1.54, 1.807) is 24.3 Å². The van der Waals surface area contributed by atoms with Crippen LogP contribution in [0, 0.1) is 0 Å². The fourth-order valence-electron chi connectivity index (χ4n) is 1.90. The molecule has 112 valence electrons. The Hall–Kier alpha value is -1.85. The maximum atomic E-state index is 11.1. The van der Waals surface area contributed by atoms with Crippen LogP contribution in [-0.4, -0.2) is 25.5 Å². The summed E-state index contributed by atoms with van der Waals surface area (Å²) in [7, 11) is -3.08. The van der Waals surface area contributed by atoms with Crippen LogP contribution >= 0.6 is 0 Å². The highest BCUT2D eigenvalue weighted by molar-refractivity contribution is 7.90. The lowest BCUT2D eigenvalue weighted by molar-refractivity contribution is 0.174. The minimum absolute atomic E-state index is 0.0437. The van der Waals surface area contributed by atoms with Gasteiger partial charge in [-0.05, 0) is 36.2 Å². The zero-order chi connectivity index (χ0) is 15.3. The van der Waals surface area contributed by atoms with Crippen molar-refractivity contribution >= 4 is 9.84 Å². The largest absolute Gasteiger partial charge is 0.457 e. The van der Waals surface area contributed by atoms with E-state index < -0.39 is 15.9 Å². The maximum Gasteiger partial charge on any atom is 0.147 e. The molecule has 2 aromatic carbocycles. The Bertz CT molecular complexity index is 680. The molecule has 0 aromatic heterocycles. The van der Waals surface area contributed by atoms with Crippen molar-refractivity contribution in [3.63, 3.8) is 0 Å². The van der Waals surface area contributed by atoms with Crippen molar-refractivity contribution in [2.24, 2.45) is 0 Å². The van der Waals surface area contributed by atoms with Crippen LogP contribution in [-0.2, 0) is 9.84 Å². The summed E-state index contributed by atoms with van der Waals surface area (Å²) >= 11 is 0. The molecule has 1 atom stereocenters. The van der Waals surface area contributed by atoms with Crippen LogP contribution in [0.1, 0.15) is 18.1 Å². The van der Waals surface area contributed by atoms with Gasteiger partial charge in [-0.1, -0.05) is 30.3 Å². The quantitative estimate of drug-likeness (QED) is 0.891. The van der Waals surface area contributed by atoms with E-state index >= 15 is 0 Å². The number of para-hydroxylation sites is 1. The topological polar surface area (TPSA) is 63.6 Å². The highest BCUT2D eigenvalue weighted by atomic mass is 32.2. The molecule has 0 aliphatic rings. The van der Waals surface area contributed by atoms with Gasteiger partial charge in [0, 0.05) is 6.26 Å². The van der Waals surface area contributed by atoms with Crippen molar-refractivity contribution in [3.8, 4) is 11.5 Å². The van der Waals surface area contributed by atoms with E-state index in [0.717, 1.165) is 6.26 Å². The standard InChI is InChI=1S/C16H18O4S/c1-21(18,19)11-10-16(17)13-6-5-9-15(12-13)20-14-7-3-2-4-8-14/h2-9,12,16-17H,10-11H2,1H3. The molecule has 0 aliphatic carbocycles. The molecule has 2 rings (SSSR count). The molecule has 0 aliphatic heterocycles. The van der Waals surface area contributed by atoms with E-state index in [2.05, 4.69) is 0 Å². The molecule has 0 radical (unpaired) electrons. The summed E-state index contributed by atoms with van der Waals surface area (Å²) in [4.78, 5) is 0. The molecule has 0 saturated heterocycles. The zero-order valence-corrected chi connectivity index (χ0v) is 12.6. The smallest absolute Gasteiger partial charge is 0.147 e. The van der Waals surface area contributed by atoms with Crippen LogP contribution in [0.3, 0.4) is 0 Å². The number of sulfone groups is 1. The Morgan fingerprint density at radius 2 is 1.71 bits per heavy atom. The highest BCUT2D eigenvalue weighted by Crippen LogP contribution is 2.25. The van der Waals surface area contributed by atoms with Gasteiger partial charge >= 0.3 is 0 Å². The van der Waals surface area contributed by atoms with Crippen LogP contribution in [0.2, 0.25) is 0 Å². The predicted octanol–water partition coefficient (Wildman–Crippen LogP) is 2.95. The number of hydrogen-bond acceptors (Lipinski definition) is 4. The number of rotatable bonds is 6. The van der Waals surface area contributed by atoms with E-state index in [-0.39, 0.29) is 12.2 Å².